The first-order valence-corrected chi connectivity index (χ1v) is 15.0. The fourth-order valence-corrected chi connectivity index (χ4v) is 7.06. The van der Waals surface area contributed by atoms with Crippen LogP contribution in [0.5, 0.6) is 5.75 Å². The van der Waals surface area contributed by atoms with Crippen molar-refractivity contribution in [1.82, 2.24) is 14.5 Å². The van der Waals surface area contributed by atoms with E-state index in [2.05, 4.69) is 16.0 Å². The Morgan fingerprint density at radius 2 is 1.98 bits per heavy atom. The number of fused-ring (bicyclic) bond motifs is 2. The number of carbonyl (C=O) groups is 1. The van der Waals surface area contributed by atoms with E-state index < -0.39 is 5.97 Å². The van der Waals surface area contributed by atoms with Gasteiger partial charge in [0.05, 0.1) is 38.8 Å². The van der Waals surface area contributed by atoms with Crippen LogP contribution in [0, 0.1) is 25.2 Å². The van der Waals surface area contributed by atoms with Gasteiger partial charge in [0.1, 0.15) is 24.3 Å². The molecule has 1 N–H and O–H groups in total. The molecule has 0 unspecified atom stereocenters. The fourth-order valence-electron chi connectivity index (χ4n) is 5.52. The van der Waals surface area contributed by atoms with Crippen LogP contribution in [0.15, 0.2) is 40.5 Å². The van der Waals surface area contributed by atoms with E-state index in [0.717, 1.165) is 30.4 Å². The molecule has 3 heterocycles. The van der Waals surface area contributed by atoms with Crippen molar-refractivity contribution in [3.8, 4) is 22.9 Å². The maximum atomic E-state index is 13.7. The predicted molar refractivity (Wildman–Crippen MR) is 164 cm³/mol. The maximum absolute atomic E-state index is 13.7. The van der Waals surface area contributed by atoms with Crippen LogP contribution in [-0.2, 0) is 6.54 Å². The number of pyridine rings is 1. The summed E-state index contributed by atoms with van der Waals surface area (Å²) in [5.41, 5.74) is 3.80. The van der Waals surface area contributed by atoms with Gasteiger partial charge in [0.25, 0.3) is 5.56 Å². The summed E-state index contributed by atoms with van der Waals surface area (Å²) in [5.74, 6) is 0.137. The van der Waals surface area contributed by atoms with Crippen molar-refractivity contribution in [1.29, 1.82) is 5.26 Å². The highest BCUT2D eigenvalue weighted by atomic mass is 35.5. The molecule has 42 heavy (non-hydrogen) atoms. The van der Waals surface area contributed by atoms with E-state index in [9.17, 15) is 20.0 Å². The van der Waals surface area contributed by atoms with Crippen molar-refractivity contribution in [2.24, 2.45) is 0 Å². The van der Waals surface area contributed by atoms with Gasteiger partial charge in [-0.25, -0.2) is 9.78 Å². The standard InChI is InChI=1S/C31H24Cl2N4O4S/c1-15-10-20(29-28(35-15)22(14-42-29)31(39)40)19-11-18(32)6-7-25(19)41-9-8-37-16(2)36-24-12-23(33)26(17-4-3-5-17)21(13-34)27(24)30(37)38/h6-7,10-12,14,17H,3-5,8-9H2,1-2H3,(H,39,40). The minimum Gasteiger partial charge on any atom is -0.491 e. The van der Waals surface area contributed by atoms with Crippen molar-refractivity contribution in [2.75, 3.05) is 6.61 Å². The number of ether oxygens (including phenoxy) is 1. The van der Waals surface area contributed by atoms with E-state index in [4.69, 9.17) is 27.9 Å². The average molecular weight is 620 g/mol. The Balaban J connectivity index is 1.36. The minimum absolute atomic E-state index is 0.131. The summed E-state index contributed by atoms with van der Waals surface area (Å²) in [5, 5.41) is 22.5. The summed E-state index contributed by atoms with van der Waals surface area (Å²) >= 11 is 14.2. The molecule has 1 aliphatic carbocycles. The largest absolute Gasteiger partial charge is 0.491 e. The molecule has 11 heteroatoms. The molecule has 5 aromatic rings. The van der Waals surface area contributed by atoms with Gasteiger partial charge >= 0.3 is 5.97 Å². The molecule has 0 spiro atoms. The minimum atomic E-state index is -1.04. The summed E-state index contributed by atoms with van der Waals surface area (Å²) in [7, 11) is 0. The zero-order chi connectivity index (χ0) is 29.7. The molecule has 0 atom stereocenters. The van der Waals surface area contributed by atoms with Gasteiger partial charge in [-0.1, -0.05) is 29.6 Å². The van der Waals surface area contributed by atoms with Crippen LogP contribution >= 0.6 is 34.5 Å². The number of aryl methyl sites for hydroxylation is 2. The van der Waals surface area contributed by atoms with Crippen molar-refractivity contribution in [3.63, 3.8) is 0 Å². The Hall–Kier alpha value is -3.97. The Morgan fingerprint density at radius 3 is 2.67 bits per heavy atom. The SMILES string of the molecule is Cc1cc(-c2cc(Cl)ccc2OCCn2c(C)nc3cc(Cl)c(C4CCC4)c(C#N)c3c2=O)c2scc(C(=O)O)c2n1. The fraction of sp³-hybridized carbons (Fsp3) is 0.258. The molecule has 1 fully saturated rings. The van der Waals surface area contributed by atoms with Crippen LogP contribution in [0.25, 0.3) is 32.2 Å². The molecule has 2 aromatic carbocycles. The first-order chi connectivity index (χ1) is 20.2. The van der Waals surface area contributed by atoms with Crippen LogP contribution < -0.4 is 10.3 Å². The van der Waals surface area contributed by atoms with Gasteiger partial charge in [-0.2, -0.15) is 5.26 Å². The van der Waals surface area contributed by atoms with Crippen molar-refractivity contribution in [2.45, 2.75) is 45.6 Å². The number of halogens is 2. The van der Waals surface area contributed by atoms with Gasteiger partial charge in [-0.15, -0.1) is 11.3 Å². The molecule has 0 bridgehead atoms. The summed E-state index contributed by atoms with van der Waals surface area (Å²) in [6.07, 6.45) is 2.95. The number of thiophene rings is 1. The van der Waals surface area contributed by atoms with E-state index in [0.29, 0.717) is 54.2 Å². The Morgan fingerprint density at radius 1 is 1.19 bits per heavy atom. The smallest absolute Gasteiger partial charge is 0.338 e. The van der Waals surface area contributed by atoms with E-state index in [-0.39, 0.29) is 35.6 Å². The molecule has 1 saturated carbocycles. The molecule has 0 amide bonds. The van der Waals surface area contributed by atoms with E-state index >= 15 is 0 Å². The molecular formula is C31H24Cl2N4O4S. The van der Waals surface area contributed by atoms with Crippen molar-refractivity contribution in [3.05, 3.63) is 84.3 Å². The van der Waals surface area contributed by atoms with Crippen LogP contribution in [-0.4, -0.2) is 32.2 Å². The topological polar surface area (TPSA) is 118 Å². The summed E-state index contributed by atoms with van der Waals surface area (Å²) in [6.45, 7) is 3.86. The van der Waals surface area contributed by atoms with E-state index in [1.807, 2.05) is 6.07 Å². The molecule has 3 aromatic heterocycles. The third-order valence-electron chi connectivity index (χ3n) is 7.74. The number of carboxylic acids is 1. The number of aromatic nitrogens is 3. The molecule has 6 rings (SSSR count). The van der Waals surface area contributed by atoms with Crippen LogP contribution in [0.4, 0.5) is 0 Å². The zero-order valence-corrected chi connectivity index (χ0v) is 25.0. The normalized spacial score (nSPS) is 13.3. The molecule has 0 radical (unpaired) electrons. The third kappa shape index (κ3) is 4.79. The second-order valence-electron chi connectivity index (χ2n) is 10.3. The summed E-state index contributed by atoms with van der Waals surface area (Å²) in [4.78, 5) is 34.6. The molecule has 0 saturated heterocycles. The summed E-state index contributed by atoms with van der Waals surface area (Å²) < 4.78 is 8.44. The van der Waals surface area contributed by atoms with Crippen molar-refractivity contribution < 1.29 is 14.6 Å². The number of carboxylic acid groups (broad SMARTS) is 1. The number of benzene rings is 2. The maximum Gasteiger partial charge on any atom is 0.338 e. The lowest BCUT2D eigenvalue weighted by Gasteiger charge is -2.28. The lowest BCUT2D eigenvalue weighted by molar-refractivity contribution is 0.0699. The average Bonchev–Trinajstić information content (AvgIpc) is 3.34. The third-order valence-corrected chi connectivity index (χ3v) is 9.29. The van der Waals surface area contributed by atoms with Crippen LogP contribution in [0.2, 0.25) is 10.0 Å². The van der Waals surface area contributed by atoms with Crippen molar-refractivity contribution >= 4 is 61.6 Å². The monoisotopic (exact) mass is 618 g/mol. The highest BCUT2D eigenvalue weighted by Gasteiger charge is 2.28. The van der Waals surface area contributed by atoms with Gasteiger partial charge in [0, 0.05) is 32.2 Å². The molecule has 8 nitrogen and oxygen atoms in total. The van der Waals surface area contributed by atoms with Gasteiger partial charge in [0.15, 0.2) is 0 Å². The Labute approximate surface area is 254 Å². The van der Waals surface area contributed by atoms with E-state index in [1.54, 1.807) is 43.5 Å². The lowest BCUT2D eigenvalue weighted by atomic mass is 9.77. The first-order valence-electron chi connectivity index (χ1n) is 13.4. The molecule has 1 aliphatic rings. The number of hydrogen-bond acceptors (Lipinski definition) is 7. The van der Waals surface area contributed by atoms with Gasteiger partial charge in [0.2, 0.25) is 0 Å². The predicted octanol–water partition coefficient (Wildman–Crippen LogP) is 7.51. The van der Waals surface area contributed by atoms with Crippen LogP contribution in [0.1, 0.15) is 58.2 Å². The first kappa shape index (κ1) is 28.2. The molecule has 212 valence electrons. The second-order valence-corrected chi connectivity index (χ2v) is 12.1. The number of hydrogen-bond donors (Lipinski definition) is 1. The number of aromatic carboxylic acids is 1. The van der Waals surface area contributed by atoms with Gasteiger partial charge in [-0.05, 0) is 68.5 Å². The Kier molecular flexibility index (Phi) is 7.39. The van der Waals surface area contributed by atoms with Crippen LogP contribution in [0.3, 0.4) is 0 Å². The van der Waals surface area contributed by atoms with E-state index in [1.165, 1.54) is 15.9 Å². The van der Waals surface area contributed by atoms with Gasteiger partial charge < -0.3 is 9.84 Å². The molecular weight excluding hydrogens is 595 g/mol. The van der Waals surface area contributed by atoms with Gasteiger partial charge in [-0.3, -0.25) is 14.3 Å². The quantitative estimate of drug-likeness (QED) is 0.200. The Bertz CT molecular complexity index is 2020. The number of nitriles is 1. The molecule has 0 aliphatic heterocycles. The number of rotatable bonds is 7. The second kappa shape index (κ2) is 11.0. The number of nitrogens with zero attached hydrogens (tertiary/aromatic N) is 4. The highest BCUT2D eigenvalue weighted by molar-refractivity contribution is 7.18. The lowest BCUT2D eigenvalue weighted by Crippen LogP contribution is -2.27. The highest BCUT2D eigenvalue weighted by Crippen LogP contribution is 2.43. The summed E-state index contributed by atoms with van der Waals surface area (Å²) in [6, 6.07) is 11.0. The zero-order valence-electron chi connectivity index (χ0n) is 22.7.